The number of H-pyrrole nitrogens is 1. The van der Waals surface area contributed by atoms with Crippen molar-refractivity contribution >= 4 is 40.0 Å². The van der Waals surface area contributed by atoms with Crippen LogP contribution in [-0.2, 0) is 16.6 Å². The van der Waals surface area contributed by atoms with Crippen molar-refractivity contribution in [2.45, 2.75) is 19.8 Å². The Labute approximate surface area is 198 Å². The summed E-state index contributed by atoms with van der Waals surface area (Å²) in [5.41, 5.74) is 2.48. The van der Waals surface area contributed by atoms with Crippen molar-refractivity contribution in [2.75, 3.05) is 4.90 Å². The number of imide groups is 1. The molecule has 1 N–H and O–H groups in total. The molecule has 0 aliphatic carbocycles. The quantitative estimate of drug-likeness (QED) is 0.414. The maximum atomic E-state index is 14.1. The van der Waals surface area contributed by atoms with E-state index >= 15 is 0 Å². The molecule has 1 aliphatic rings. The zero-order valence-corrected chi connectivity index (χ0v) is 19.1. The number of anilines is 1. The van der Waals surface area contributed by atoms with Gasteiger partial charge in [0.2, 0.25) is 11.8 Å². The smallest absolute Gasteiger partial charge is 0.272 e. The molecule has 1 fully saturated rings. The number of ether oxygens (including phenoxy) is 1. The number of hydrogen-bond acceptors (Lipinski definition) is 4. The standard InChI is InChI=1S/C25H19ClFN3O4/c1-13-9-21(34-14-3-4-18(26)19(27)10-14)16(11-20(13)30-22(31)5-6-23(30)32)17-12-29(2)24-15(17)7-8-28-25(24)33/h3-4,7-12H,5-6H2,1-2H3,(H,28,33). The second kappa shape index (κ2) is 8.14. The molecule has 9 heteroatoms. The molecule has 0 radical (unpaired) electrons. The van der Waals surface area contributed by atoms with Crippen LogP contribution in [0, 0.1) is 12.7 Å². The SMILES string of the molecule is Cc1cc(Oc2ccc(Cl)c(F)c2)c(-c2cn(C)c3c(=O)[nH]ccc23)cc1N1C(=O)CCC1=O. The molecule has 0 spiro atoms. The Hall–Kier alpha value is -3.91. The minimum atomic E-state index is -0.626. The van der Waals surface area contributed by atoms with Crippen molar-refractivity contribution in [3.8, 4) is 22.6 Å². The fourth-order valence-electron chi connectivity index (χ4n) is 4.30. The average molecular weight is 480 g/mol. The van der Waals surface area contributed by atoms with Crippen molar-refractivity contribution < 1.29 is 18.7 Å². The number of aryl methyl sites for hydroxylation is 2. The van der Waals surface area contributed by atoms with Gasteiger partial charge in [0.05, 0.1) is 10.7 Å². The summed E-state index contributed by atoms with van der Waals surface area (Å²) in [6.07, 6.45) is 3.63. The number of benzene rings is 2. The molecule has 0 unspecified atom stereocenters. The molecule has 0 saturated carbocycles. The second-order valence-corrected chi connectivity index (χ2v) is 8.57. The number of amides is 2. The molecule has 2 amide bonds. The van der Waals surface area contributed by atoms with E-state index in [1.807, 2.05) is 0 Å². The number of rotatable bonds is 4. The average Bonchev–Trinajstić information content (AvgIpc) is 3.31. The molecule has 2 aromatic heterocycles. The summed E-state index contributed by atoms with van der Waals surface area (Å²) in [6, 6.07) is 9.28. The van der Waals surface area contributed by atoms with E-state index in [-0.39, 0.29) is 41.0 Å². The molecule has 1 saturated heterocycles. The van der Waals surface area contributed by atoms with Gasteiger partial charge >= 0.3 is 0 Å². The van der Waals surface area contributed by atoms with Gasteiger partial charge in [-0.15, -0.1) is 0 Å². The Kier molecular flexibility index (Phi) is 5.25. The molecular formula is C25H19ClFN3O4. The van der Waals surface area contributed by atoms with Crippen LogP contribution in [0.15, 0.2) is 53.6 Å². The molecule has 3 heterocycles. The van der Waals surface area contributed by atoms with Gasteiger partial charge in [0.1, 0.15) is 22.8 Å². The number of fused-ring (bicyclic) bond motifs is 1. The van der Waals surface area contributed by atoms with Crippen LogP contribution < -0.4 is 15.2 Å². The zero-order chi connectivity index (χ0) is 24.1. The van der Waals surface area contributed by atoms with Crippen LogP contribution in [0.25, 0.3) is 22.0 Å². The number of hydrogen-bond donors (Lipinski definition) is 1. The number of carbonyl (C=O) groups excluding carboxylic acids is 2. The number of carbonyl (C=O) groups is 2. The predicted molar refractivity (Wildman–Crippen MR) is 127 cm³/mol. The van der Waals surface area contributed by atoms with Crippen molar-refractivity contribution in [3.63, 3.8) is 0 Å². The third-order valence-corrected chi connectivity index (χ3v) is 6.21. The van der Waals surface area contributed by atoms with Crippen LogP contribution in [0.3, 0.4) is 0 Å². The van der Waals surface area contributed by atoms with Gasteiger partial charge in [0.15, 0.2) is 0 Å². The molecular weight excluding hydrogens is 461 g/mol. The minimum Gasteiger partial charge on any atom is -0.457 e. The minimum absolute atomic E-state index is 0.0292. The van der Waals surface area contributed by atoms with Crippen LogP contribution >= 0.6 is 11.6 Å². The molecule has 0 bridgehead atoms. The van der Waals surface area contributed by atoms with Gasteiger partial charge in [-0.2, -0.15) is 0 Å². The first-order valence-electron chi connectivity index (χ1n) is 10.5. The van der Waals surface area contributed by atoms with E-state index in [0.717, 1.165) is 0 Å². The van der Waals surface area contributed by atoms with Crippen LogP contribution in [0.5, 0.6) is 11.5 Å². The first-order chi connectivity index (χ1) is 16.2. The van der Waals surface area contributed by atoms with Crippen molar-refractivity contribution in [1.29, 1.82) is 0 Å². The molecule has 4 aromatic rings. The lowest BCUT2D eigenvalue weighted by molar-refractivity contribution is -0.121. The third-order valence-electron chi connectivity index (χ3n) is 5.90. The maximum Gasteiger partial charge on any atom is 0.272 e. The fourth-order valence-corrected chi connectivity index (χ4v) is 4.42. The van der Waals surface area contributed by atoms with E-state index in [9.17, 15) is 18.8 Å². The summed E-state index contributed by atoms with van der Waals surface area (Å²) in [5, 5.41) is 0.630. The Balaban J connectivity index is 1.75. The third kappa shape index (κ3) is 3.56. The number of pyridine rings is 1. The van der Waals surface area contributed by atoms with E-state index in [0.29, 0.717) is 39.0 Å². The van der Waals surface area contributed by atoms with Crippen molar-refractivity contribution in [1.82, 2.24) is 9.55 Å². The molecule has 2 aromatic carbocycles. The summed E-state index contributed by atoms with van der Waals surface area (Å²) < 4.78 is 21.8. The van der Waals surface area contributed by atoms with Gasteiger partial charge in [0.25, 0.3) is 5.56 Å². The normalized spacial score (nSPS) is 13.8. The highest BCUT2D eigenvalue weighted by atomic mass is 35.5. The van der Waals surface area contributed by atoms with Crippen LogP contribution in [0.4, 0.5) is 10.1 Å². The summed E-state index contributed by atoms with van der Waals surface area (Å²) in [6.45, 7) is 1.76. The summed E-state index contributed by atoms with van der Waals surface area (Å²) in [7, 11) is 1.75. The summed E-state index contributed by atoms with van der Waals surface area (Å²) in [4.78, 5) is 41.2. The highest BCUT2D eigenvalue weighted by Crippen LogP contribution is 2.42. The zero-order valence-electron chi connectivity index (χ0n) is 18.3. The van der Waals surface area contributed by atoms with Crippen molar-refractivity contribution in [3.05, 3.63) is 75.5 Å². The van der Waals surface area contributed by atoms with E-state index in [1.54, 1.807) is 55.2 Å². The van der Waals surface area contributed by atoms with Crippen LogP contribution in [0.1, 0.15) is 18.4 Å². The number of nitrogens with one attached hydrogen (secondary N) is 1. The Morgan fingerprint density at radius 3 is 2.47 bits per heavy atom. The molecule has 5 rings (SSSR count). The van der Waals surface area contributed by atoms with Gasteiger partial charge in [-0.1, -0.05) is 11.6 Å². The van der Waals surface area contributed by atoms with E-state index in [2.05, 4.69) is 4.98 Å². The topological polar surface area (TPSA) is 84.4 Å². The fraction of sp³-hybridized carbons (Fsp3) is 0.160. The molecule has 7 nitrogen and oxygen atoms in total. The first-order valence-corrected chi connectivity index (χ1v) is 10.9. The number of aromatic nitrogens is 2. The van der Waals surface area contributed by atoms with E-state index in [4.69, 9.17) is 16.3 Å². The van der Waals surface area contributed by atoms with Crippen LogP contribution in [0.2, 0.25) is 5.02 Å². The molecule has 172 valence electrons. The first kappa shape index (κ1) is 21.9. The molecule has 34 heavy (non-hydrogen) atoms. The Morgan fingerprint density at radius 1 is 1.03 bits per heavy atom. The maximum absolute atomic E-state index is 14.1. The largest absolute Gasteiger partial charge is 0.457 e. The predicted octanol–water partition coefficient (Wildman–Crippen LogP) is 5.08. The summed E-state index contributed by atoms with van der Waals surface area (Å²) >= 11 is 5.80. The highest BCUT2D eigenvalue weighted by Gasteiger charge is 2.32. The lowest BCUT2D eigenvalue weighted by Crippen LogP contribution is -2.29. The second-order valence-electron chi connectivity index (χ2n) is 8.16. The molecule has 1 aliphatic heterocycles. The van der Waals surface area contributed by atoms with E-state index in [1.165, 1.54) is 17.0 Å². The van der Waals surface area contributed by atoms with Gasteiger partial charge < -0.3 is 14.3 Å². The summed E-state index contributed by atoms with van der Waals surface area (Å²) in [5.74, 6) is -0.584. The molecule has 0 atom stereocenters. The number of nitrogens with zero attached hydrogens (tertiary/aromatic N) is 2. The number of aromatic amines is 1. The van der Waals surface area contributed by atoms with E-state index < -0.39 is 5.82 Å². The highest BCUT2D eigenvalue weighted by molar-refractivity contribution is 6.30. The van der Waals surface area contributed by atoms with Gasteiger partial charge in [-0.05, 0) is 42.8 Å². The Bertz CT molecular complexity index is 1540. The monoisotopic (exact) mass is 479 g/mol. The van der Waals surface area contributed by atoms with Crippen LogP contribution in [-0.4, -0.2) is 21.4 Å². The Morgan fingerprint density at radius 2 is 1.76 bits per heavy atom. The van der Waals surface area contributed by atoms with Gasteiger partial charge in [-0.25, -0.2) is 4.39 Å². The number of halogens is 2. The van der Waals surface area contributed by atoms with Crippen molar-refractivity contribution in [2.24, 2.45) is 7.05 Å². The lowest BCUT2D eigenvalue weighted by atomic mass is 10.0. The van der Waals surface area contributed by atoms with Gasteiger partial charge in [0, 0.05) is 54.9 Å². The van der Waals surface area contributed by atoms with Gasteiger partial charge in [-0.3, -0.25) is 19.3 Å². The lowest BCUT2D eigenvalue weighted by Gasteiger charge is -2.20.